The molecule has 0 fully saturated rings. The van der Waals surface area contributed by atoms with Crippen molar-refractivity contribution >= 4 is 21.6 Å². The standard InChI is InChI=1S/C31H39N3O6S/c1-21-9-15-26(16-10-21)41(37,38)32-28-8-6-7-27-30(28)40-29(22(2)17-34(31(27)36)23(3)20-35)19-33(4)18-24-11-13-25(39-5)14-12-24/h6-16,22-23,29,32,35H,17-20H2,1-5H3/t22-,23-,29+/m0/s1. The number of carbonyl (C=O) groups excluding carboxylic acids is 1. The minimum Gasteiger partial charge on any atom is -0.497 e. The molecule has 0 saturated heterocycles. The van der Waals surface area contributed by atoms with E-state index in [1.54, 1.807) is 61.4 Å². The van der Waals surface area contributed by atoms with Crippen molar-refractivity contribution in [2.45, 2.75) is 44.4 Å². The third-order valence-corrected chi connectivity index (χ3v) is 8.75. The number of hydrogen-bond donors (Lipinski definition) is 2. The predicted octanol–water partition coefficient (Wildman–Crippen LogP) is 4.16. The number of ether oxygens (including phenoxy) is 2. The highest BCUT2D eigenvalue weighted by Gasteiger charge is 2.35. The number of rotatable bonds is 10. The normalized spacial score (nSPS) is 18.2. The molecule has 0 saturated carbocycles. The molecule has 0 radical (unpaired) electrons. The maximum absolute atomic E-state index is 13.7. The van der Waals surface area contributed by atoms with Gasteiger partial charge in [0.15, 0.2) is 5.75 Å². The van der Waals surface area contributed by atoms with Crippen molar-refractivity contribution < 1.29 is 27.8 Å². The predicted molar refractivity (Wildman–Crippen MR) is 159 cm³/mol. The van der Waals surface area contributed by atoms with Crippen molar-refractivity contribution in [1.82, 2.24) is 9.80 Å². The van der Waals surface area contributed by atoms with Gasteiger partial charge in [-0.3, -0.25) is 14.4 Å². The van der Waals surface area contributed by atoms with Gasteiger partial charge in [0.2, 0.25) is 0 Å². The highest BCUT2D eigenvalue weighted by atomic mass is 32.2. The number of carbonyl (C=O) groups is 1. The monoisotopic (exact) mass is 581 g/mol. The van der Waals surface area contributed by atoms with Crippen LogP contribution in [0.5, 0.6) is 11.5 Å². The number of benzene rings is 3. The number of anilines is 1. The number of nitrogens with one attached hydrogen (secondary N) is 1. The van der Waals surface area contributed by atoms with Crippen LogP contribution in [0.4, 0.5) is 5.69 Å². The molecule has 1 aliphatic rings. The molecule has 3 atom stereocenters. The molecule has 1 amide bonds. The summed E-state index contributed by atoms with van der Waals surface area (Å²) in [6.45, 7) is 7.02. The first-order chi connectivity index (χ1) is 19.5. The molecular formula is C31H39N3O6S. The molecule has 1 aliphatic heterocycles. The lowest BCUT2D eigenvalue weighted by Gasteiger charge is -2.38. The summed E-state index contributed by atoms with van der Waals surface area (Å²) in [7, 11) is -0.329. The van der Waals surface area contributed by atoms with Gasteiger partial charge in [-0.25, -0.2) is 8.42 Å². The molecule has 0 spiro atoms. The second kappa shape index (κ2) is 12.9. The van der Waals surface area contributed by atoms with Crippen LogP contribution in [0, 0.1) is 12.8 Å². The Labute approximate surface area is 242 Å². The largest absolute Gasteiger partial charge is 0.497 e. The molecule has 9 nitrogen and oxygen atoms in total. The van der Waals surface area contributed by atoms with Crippen LogP contribution in [0.3, 0.4) is 0 Å². The van der Waals surface area contributed by atoms with Crippen molar-refractivity contribution in [2.75, 3.05) is 38.6 Å². The number of aryl methyl sites for hydroxylation is 1. The molecule has 10 heteroatoms. The van der Waals surface area contributed by atoms with Gasteiger partial charge in [0.25, 0.3) is 15.9 Å². The molecule has 4 rings (SSSR count). The second-order valence-electron chi connectivity index (χ2n) is 10.8. The minimum atomic E-state index is -3.95. The van der Waals surface area contributed by atoms with Gasteiger partial charge in [0.05, 0.1) is 35.9 Å². The number of para-hydroxylation sites is 1. The van der Waals surface area contributed by atoms with E-state index in [0.717, 1.165) is 16.9 Å². The summed E-state index contributed by atoms with van der Waals surface area (Å²) in [5.41, 5.74) is 2.47. The van der Waals surface area contributed by atoms with Gasteiger partial charge in [0, 0.05) is 25.6 Å². The molecule has 0 bridgehead atoms. The molecule has 3 aromatic rings. The van der Waals surface area contributed by atoms with Crippen molar-refractivity contribution in [1.29, 1.82) is 0 Å². The van der Waals surface area contributed by atoms with Crippen molar-refractivity contribution in [2.24, 2.45) is 5.92 Å². The third kappa shape index (κ3) is 7.19. The fourth-order valence-corrected chi connectivity index (χ4v) is 5.94. The average molecular weight is 582 g/mol. The lowest BCUT2D eigenvalue weighted by atomic mass is 9.99. The zero-order valence-corrected chi connectivity index (χ0v) is 25.0. The fraction of sp³-hybridized carbons (Fsp3) is 0.387. The van der Waals surface area contributed by atoms with Crippen molar-refractivity contribution in [3.63, 3.8) is 0 Å². The Hall–Kier alpha value is -3.60. The highest BCUT2D eigenvalue weighted by molar-refractivity contribution is 7.92. The first-order valence-corrected chi connectivity index (χ1v) is 15.1. The maximum Gasteiger partial charge on any atom is 0.262 e. The average Bonchev–Trinajstić information content (AvgIpc) is 2.95. The summed E-state index contributed by atoms with van der Waals surface area (Å²) in [4.78, 5) is 17.6. The molecular weight excluding hydrogens is 542 g/mol. The minimum absolute atomic E-state index is 0.109. The second-order valence-corrected chi connectivity index (χ2v) is 12.5. The van der Waals surface area contributed by atoms with E-state index in [0.29, 0.717) is 19.6 Å². The van der Waals surface area contributed by atoms with Crippen LogP contribution in [-0.2, 0) is 16.6 Å². The molecule has 2 N–H and O–H groups in total. The zero-order chi connectivity index (χ0) is 29.7. The summed E-state index contributed by atoms with van der Waals surface area (Å²) in [5.74, 6) is 0.516. The van der Waals surface area contributed by atoms with E-state index < -0.39 is 16.1 Å². The van der Waals surface area contributed by atoms with Crippen molar-refractivity contribution in [3.8, 4) is 11.5 Å². The molecule has 220 valence electrons. The number of aliphatic hydroxyl groups is 1. The topological polar surface area (TPSA) is 108 Å². The molecule has 0 aliphatic carbocycles. The Balaban J connectivity index is 1.68. The van der Waals surface area contributed by atoms with Gasteiger partial charge >= 0.3 is 0 Å². The first-order valence-electron chi connectivity index (χ1n) is 13.6. The van der Waals surface area contributed by atoms with E-state index in [1.807, 2.05) is 45.2 Å². The number of aliphatic hydroxyl groups excluding tert-OH is 1. The van der Waals surface area contributed by atoms with Gasteiger partial charge < -0.3 is 19.5 Å². The summed E-state index contributed by atoms with van der Waals surface area (Å²) < 4.78 is 41.1. The van der Waals surface area contributed by atoms with E-state index >= 15 is 0 Å². The summed E-state index contributed by atoms with van der Waals surface area (Å²) in [6, 6.07) is 18.8. The quantitative estimate of drug-likeness (QED) is 0.370. The number of fused-ring (bicyclic) bond motifs is 1. The van der Waals surface area contributed by atoms with Crippen LogP contribution in [0.2, 0.25) is 0 Å². The first kappa shape index (κ1) is 30.4. The Bertz CT molecular complexity index is 1440. The Kier molecular flexibility index (Phi) is 9.57. The van der Waals surface area contributed by atoms with E-state index in [-0.39, 0.29) is 46.4 Å². The summed E-state index contributed by atoms with van der Waals surface area (Å²) in [6.07, 6.45) is -0.386. The molecule has 41 heavy (non-hydrogen) atoms. The number of nitrogens with zero attached hydrogens (tertiary/aromatic N) is 2. The van der Waals surface area contributed by atoms with Gasteiger partial charge in [-0.1, -0.05) is 42.8 Å². The highest BCUT2D eigenvalue weighted by Crippen LogP contribution is 2.36. The van der Waals surface area contributed by atoms with Crippen LogP contribution < -0.4 is 14.2 Å². The Morgan fingerprint density at radius 1 is 1.12 bits per heavy atom. The van der Waals surface area contributed by atoms with E-state index in [9.17, 15) is 18.3 Å². The summed E-state index contributed by atoms with van der Waals surface area (Å²) >= 11 is 0. The van der Waals surface area contributed by atoms with Gasteiger partial charge in [-0.15, -0.1) is 0 Å². The Morgan fingerprint density at radius 3 is 2.44 bits per heavy atom. The molecule has 3 aromatic carbocycles. The molecule has 1 heterocycles. The zero-order valence-electron chi connectivity index (χ0n) is 24.2. The Morgan fingerprint density at radius 2 is 1.80 bits per heavy atom. The van der Waals surface area contributed by atoms with Gasteiger partial charge in [-0.05, 0) is 62.9 Å². The number of sulfonamides is 1. The molecule has 0 unspecified atom stereocenters. The van der Waals surface area contributed by atoms with Crippen LogP contribution in [-0.4, -0.2) is 75.2 Å². The summed E-state index contributed by atoms with van der Waals surface area (Å²) in [5, 5.41) is 9.93. The molecule has 0 aromatic heterocycles. The number of methoxy groups -OCH3 is 1. The third-order valence-electron chi connectivity index (χ3n) is 7.37. The number of amides is 1. The maximum atomic E-state index is 13.7. The van der Waals surface area contributed by atoms with Crippen LogP contribution in [0.25, 0.3) is 0 Å². The van der Waals surface area contributed by atoms with Crippen molar-refractivity contribution in [3.05, 3.63) is 83.4 Å². The van der Waals surface area contributed by atoms with E-state index in [2.05, 4.69) is 9.62 Å². The van der Waals surface area contributed by atoms with Crippen LogP contribution >= 0.6 is 0 Å². The van der Waals surface area contributed by atoms with E-state index in [1.165, 1.54) is 0 Å². The lowest BCUT2D eigenvalue weighted by Crippen LogP contribution is -2.49. The van der Waals surface area contributed by atoms with Crippen LogP contribution in [0.1, 0.15) is 35.3 Å². The smallest absolute Gasteiger partial charge is 0.262 e. The SMILES string of the molecule is COc1ccc(CN(C)C[C@H]2Oc3c(NS(=O)(=O)c4ccc(C)cc4)cccc3C(=O)N([C@@H](C)CO)C[C@@H]2C)cc1. The number of likely N-dealkylation sites (N-methyl/N-ethyl adjacent to an activating group) is 1. The van der Waals surface area contributed by atoms with Gasteiger partial charge in [-0.2, -0.15) is 0 Å². The van der Waals surface area contributed by atoms with Gasteiger partial charge in [0.1, 0.15) is 11.9 Å². The fourth-order valence-electron chi connectivity index (χ4n) is 4.88. The van der Waals surface area contributed by atoms with Crippen LogP contribution in [0.15, 0.2) is 71.6 Å². The number of hydrogen-bond acceptors (Lipinski definition) is 7. The lowest BCUT2D eigenvalue weighted by molar-refractivity contribution is 0.0344. The van der Waals surface area contributed by atoms with E-state index in [4.69, 9.17) is 9.47 Å².